The number of rotatable bonds is 10. The van der Waals surface area contributed by atoms with E-state index in [1.54, 1.807) is 0 Å². The van der Waals surface area contributed by atoms with Gasteiger partial charge in [0.05, 0.1) is 44.5 Å². The lowest BCUT2D eigenvalue weighted by Crippen LogP contribution is -1.96. The van der Waals surface area contributed by atoms with Crippen LogP contribution in [0.1, 0.15) is 0 Å². The van der Waals surface area contributed by atoms with Crippen LogP contribution in [-0.4, -0.2) is 38.6 Å². The first-order valence-corrected chi connectivity index (χ1v) is 46.0. The Morgan fingerprint density at radius 3 is 0.793 bits per heavy atom. The summed E-state index contributed by atoms with van der Waals surface area (Å²) in [5.74, 6) is 0. The van der Waals surface area contributed by atoms with E-state index in [4.69, 9.17) is 4.98 Å². The first-order valence-electron chi connectivity index (χ1n) is 46.0. The Kier molecular flexibility index (Phi) is 18.8. The molecule has 0 saturated heterocycles. The largest absolute Gasteiger partial charge is 0.309 e. The summed E-state index contributed by atoms with van der Waals surface area (Å²) in [6.45, 7) is 0. The minimum Gasteiger partial charge on any atom is -0.309 e. The van der Waals surface area contributed by atoms with Gasteiger partial charge in [0.15, 0.2) is 0 Å². The standard InChI is InChI=1S/C52H33N3.C40H25N3.C35H22N2/c1-2-10-34(11-3-1)35-18-20-41(21-19-35)55-49-17-9-8-16-46(49)50-45-15-7-5-13-43(45)48-33-47(42-12-4-6-14-44(42)51(48)52(50)55)40-31-38(36-22-26-53-27-23-36)30-39(32-40)37-24-28-54-29-25-37;1-2-11-27(12-3-1)43-37-20-9-8-17-32(37)38-31-16-7-5-14-29(31)34-25-33(28-13-4-6-15-30(28)39(34)40(38)43)36-19-10-18-35(42-36)26-21-23-41-24-22-26;1-2-10-24(11-3-1)37-32-17-9-8-16-29(32)33-28-15-7-5-13-26(28)31-22-30(23-18-20-36-21-19-23)25-12-4-6-14-27(25)34(31)35(33)37/h1-33H;1-25H;1-22H. The molecule has 8 heterocycles. The van der Waals surface area contributed by atoms with E-state index in [0.717, 1.165) is 56.1 Å². The number of pyridine rings is 5. The minimum absolute atomic E-state index is 0.939. The van der Waals surface area contributed by atoms with Crippen LogP contribution < -0.4 is 0 Å². The molecule has 0 aliphatic rings. The number of nitrogens with zero attached hydrogens (tertiary/aromatic N) is 8. The summed E-state index contributed by atoms with van der Waals surface area (Å²) in [6, 6.07) is 158. The van der Waals surface area contributed by atoms with E-state index < -0.39 is 0 Å². The van der Waals surface area contributed by atoms with Crippen LogP contribution in [0.4, 0.5) is 0 Å². The lowest BCUT2D eigenvalue weighted by atomic mass is 9.87. The molecule has 8 aromatic heterocycles. The minimum atomic E-state index is 0.939. The molecule has 0 amide bonds. The van der Waals surface area contributed by atoms with Gasteiger partial charge < -0.3 is 13.7 Å². The molecule has 0 fully saturated rings. The summed E-state index contributed by atoms with van der Waals surface area (Å²) in [7, 11) is 0. The Morgan fingerprint density at radius 1 is 0.141 bits per heavy atom. The predicted octanol–water partition coefficient (Wildman–Crippen LogP) is 33.4. The summed E-state index contributed by atoms with van der Waals surface area (Å²) in [5.41, 5.74) is 26.7. The van der Waals surface area contributed by atoms with Crippen molar-refractivity contribution in [2.75, 3.05) is 0 Å². The topological polar surface area (TPSA) is 79.2 Å². The third-order valence-electron chi connectivity index (χ3n) is 27.5. The Morgan fingerprint density at radius 2 is 0.400 bits per heavy atom. The van der Waals surface area contributed by atoms with E-state index in [1.807, 2.05) is 61.7 Å². The SMILES string of the molecule is c1ccc(-c2ccc(-n3c4ccccc4c4c5ccccc5c5cc(-c6cc(-c7ccncc7)cc(-c7ccncc7)c6)c6ccccc6c5c43)cc2)cc1.c1ccc(-n2c3ccccc3c3c4ccccc4c4cc(-c5cccc(-c6ccncc6)n5)c5ccccc5c4c32)cc1.c1ccc(-n2c3ccccc3c3c4ccccc4c4cc(-c5ccncc5)c5ccccc5c4c32)cc1. The van der Waals surface area contributed by atoms with Crippen molar-refractivity contribution in [2.24, 2.45) is 0 Å². The fourth-order valence-corrected chi connectivity index (χ4v) is 21.7. The molecule has 0 N–H and O–H groups in total. The Bertz CT molecular complexity index is 9520. The quantitative estimate of drug-likeness (QED) is 0.128. The molecule has 0 unspecified atom stereocenters. The molecule has 0 atom stereocenters. The van der Waals surface area contributed by atoms with Crippen LogP contribution in [0.15, 0.2) is 486 Å². The second-order valence-corrected chi connectivity index (χ2v) is 34.8. The Labute approximate surface area is 777 Å². The number of para-hydroxylation sites is 5. The monoisotopic (exact) mass is 1720 g/mol. The molecule has 20 aromatic carbocycles. The van der Waals surface area contributed by atoms with Crippen molar-refractivity contribution in [1.82, 2.24) is 38.6 Å². The predicted molar refractivity (Wildman–Crippen MR) is 567 cm³/mol. The lowest BCUT2D eigenvalue weighted by Gasteiger charge is -2.18. The van der Waals surface area contributed by atoms with Crippen LogP contribution in [0, 0.1) is 0 Å². The normalized spacial score (nSPS) is 11.7. The maximum atomic E-state index is 5.18. The third-order valence-corrected chi connectivity index (χ3v) is 27.5. The first-order chi connectivity index (χ1) is 67.1. The summed E-state index contributed by atoms with van der Waals surface area (Å²) in [6.07, 6.45) is 14.9. The van der Waals surface area contributed by atoms with E-state index in [9.17, 15) is 0 Å². The van der Waals surface area contributed by atoms with Gasteiger partial charge in [-0.1, -0.05) is 285 Å². The van der Waals surface area contributed by atoms with E-state index in [1.165, 1.54) is 201 Å². The molecular weight excluding hydrogens is 1640 g/mol. The summed E-state index contributed by atoms with van der Waals surface area (Å²) in [5, 5.41) is 30.2. The molecule has 135 heavy (non-hydrogen) atoms. The van der Waals surface area contributed by atoms with Crippen molar-refractivity contribution >= 4 is 162 Å². The number of fused-ring (bicyclic) bond motifs is 30. The van der Waals surface area contributed by atoms with Crippen LogP contribution in [0.2, 0.25) is 0 Å². The van der Waals surface area contributed by atoms with Crippen LogP contribution >= 0.6 is 0 Å². The van der Waals surface area contributed by atoms with Gasteiger partial charge in [0, 0.05) is 126 Å². The second-order valence-electron chi connectivity index (χ2n) is 34.8. The molecule has 28 aromatic rings. The van der Waals surface area contributed by atoms with Gasteiger partial charge in [0.2, 0.25) is 0 Å². The molecule has 8 heteroatoms. The van der Waals surface area contributed by atoms with E-state index in [2.05, 4.69) is 458 Å². The van der Waals surface area contributed by atoms with E-state index in [0.29, 0.717) is 0 Å². The molecule has 0 aliphatic heterocycles. The average molecular weight is 1720 g/mol. The molecule has 0 radical (unpaired) electrons. The van der Waals surface area contributed by atoms with Gasteiger partial charge in [-0.05, 0) is 288 Å². The molecule has 0 aliphatic carbocycles. The van der Waals surface area contributed by atoms with Crippen LogP contribution in [0.25, 0.3) is 258 Å². The van der Waals surface area contributed by atoms with Crippen molar-refractivity contribution in [2.45, 2.75) is 0 Å². The summed E-state index contributed by atoms with van der Waals surface area (Å²) < 4.78 is 7.40. The number of hydrogen-bond donors (Lipinski definition) is 0. The van der Waals surface area contributed by atoms with Gasteiger partial charge in [0.25, 0.3) is 0 Å². The maximum Gasteiger partial charge on any atom is 0.0715 e. The molecule has 0 saturated carbocycles. The van der Waals surface area contributed by atoms with E-state index >= 15 is 0 Å². The highest BCUT2D eigenvalue weighted by molar-refractivity contribution is 6.41. The lowest BCUT2D eigenvalue weighted by molar-refractivity contribution is 1.19. The smallest absolute Gasteiger partial charge is 0.0715 e. The van der Waals surface area contributed by atoms with Crippen LogP contribution in [0.3, 0.4) is 0 Å². The zero-order valence-electron chi connectivity index (χ0n) is 73.3. The van der Waals surface area contributed by atoms with Crippen molar-refractivity contribution < 1.29 is 0 Å². The third kappa shape index (κ3) is 12.9. The van der Waals surface area contributed by atoms with Crippen molar-refractivity contribution in [3.05, 3.63) is 486 Å². The van der Waals surface area contributed by atoms with Crippen molar-refractivity contribution in [3.63, 3.8) is 0 Å². The molecule has 28 rings (SSSR count). The highest BCUT2D eigenvalue weighted by atomic mass is 15.0. The van der Waals surface area contributed by atoms with Crippen LogP contribution in [-0.2, 0) is 0 Å². The highest BCUT2D eigenvalue weighted by Crippen LogP contribution is 2.53. The fraction of sp³-hybridized carbons (Fsp3) is 0. The summed E-state index contributed by atoms with van der Waals surface area (Å²) >= 11 is 0. The van der Waals surface area contributed by atoms with Gasteiger partial charge in [-0.15, -0.1) is 0 Å². The van der Waals surface area contributed by atoms with Gasteiger partial charge in [-0.25, -0.2) is 4.98 Å². The number of benzene rings is 20. The number of hydrogen-bond acceptors (Lipinski definition) is 5. The first kappa shape index (κ1) is 78.0. The van der Waals surface area contributed by atoms with Crippen molar-refractivity contribution in [1.29, 1.82) is 0 Å². The van der Waals surface area contributed by atoms with Gasteiger partial charge in [0.1, 0.15) is 0 Å². The summed E-state index contributed by atoms with van der Waals surface area (Å²) in [4.78, 5) is 22.3. The molecule has 628 valence electrons. The zero-order valence-corrected chi connectivity index (χ0v) is 73.3. The highest BCUT2D eigenvalue weighted by Gasteiger charge is 2.28. The van der Waals surface area contributed by atoms with Gasteiger partial charge in [-0.3, -0.25) is 19.9 Å². The average Bonchev–Trinajstić information content (AvgIpc) is 1.52. The Hall–Kier alpha value is -18.1. The van der Waals surface area contributed by atoms with Gasteiger partial charge in [-0.2, -0.15) is 0 Å². The molecule has 0 spiro atoms. The Balaban J connectivity index is 0.000000108. The van der Waals surface area contributed by atoms with Crippen molar-refractivity contribution in [3.8, 4) is 95.2 Å². The van der Waals surface area contributed by atoms with E-state index in [-0.39, 0.29) is 0 Å². The maximum absolute atomic E-state index is 5.18. The molecule has 0 bridgehead atoms. The molecular formula is C127H80N8. The molecule has 8 nitrogen and oxygen atoms in total. The fourth-order valence-electron chi connectivity index (χ4n) is 21.7. The second kappa shape index (κ2) is 32.5. The van der Waals surface area contributed by atoms with Crippen LogP contribution in [0.5, 0.6) is 0 Å². The zero-order chi connectivity index (χ0) is 89.0. The number of aromatic nitrogens is 8. The van der Waals surface area contributed by atoms with Gasteiger partial charge >= 0.3 is 0 Å².